The van der Waals surface area contributed by atoms with E-state index in [0.717, 1.165) is 37.1 Å². The van der Waals surface area contributed by atoms with E-state index in [4.69, 9.17) is 15.2 Å². The second-order valence-corrected chi connectivity index (χ2v) is 9.26. The monoisotopic (exact) mass is 461 g/mol. The Balaban J connectivity index is 1.15. The van der Waals surface area contributed by atoms with Gasteiger partial charge in [-0.15, -0.1) is 0 Å². The molecule has 2 heterocycles. The van der Waals surface area contributed by atoms with Crippen LogP contribution in [0.2, 0.25) is 0 Å². The topological polar surface area (TPSA) is 121 Å². The van der Waals surface area contributed by atoms with Gasteiger partial charge >= 0.3 is 0 Å². The zero-order valence-electron chi connectivity index (χ0n) is 19.2. The minimum Gasteiger partial charge on any atom is -0.495 e. The predicted octanol–water partition coefficient (Wildman–Crippen LogP) is 2.80. The van der Waals surface area contributed by atoms with E-state index in [1.54, 1.807) is 43.9 Å². The number of methoxy groups -OCH3 is 1. The fraction of sp³-hybridized carbons (Fsp3) is 0.360. The minimum absolute atomic E-state index is 0.00766. The van der Waals surface area contributed by atoms with E-state index in [1.165, 1.54) is 0 Å². The molecular weight excluding hydrogens is 434 g/mol. The Morgan fingerprint density at radius 2 is 1.97 bits per heavy atom. The summed E-state index contributed by atoms with van der Waals surface area (Å²) in [4.78, 5) is 32.8. The molecule has 2 aromatic heterocycles. The lowest BCUT2D eigenvalue weighted by Gasteiger charge is -2.57. The summed E-state index contributed by atoms with van der Waals surface area (Å²) < 4.78 is 13.3. The molecule has 0 bridgehead atoms. The van der Waals surface area contributed by atoms with Crippen LogP contribution >= 0.6 is 0 Å². The standard InChI is InChI=1S/C25H27N5O4/c1-15-13-30(14-28-15)20-6-5-16(8-21(20)33-2)23(32)29-17-9-25(10-17)11-18(12-25)34-24-19(22(26)31)4-3-7-27-24/h3-8,13-14,17-18H,9-12H2,1-2H3,(H2,26,31)(H,29,32). The Bertz CT molecular complexity index is 1240. The maximum atomic E-state index is 12.8. The number of carbonyl (C=O) groups excluding carboxylic acids is 2. The first kappa shape index (κ1) is 21.9. The lowest BCUT2D eigenvalue weighted by molar-refractivity contribution is -0.0848. The van der Waals surface area contributed by atoms with Crippen LogP contribution in [0, 0.1) is 12.3 Å². The summed E-state index contributed by atoms with van der Waals surface area (Å²) in [6.45, 7) is 1.92. The molecule has 1 spiro atoms. The molecule has 3 aromatic rings. The molecule has 1 aromatic carbocycles. The largest absolute Gasteiger partial charge is 0.495 e. The Labute approximate surface area is 197 Å². The summed E-state index contributed by atoms with van der Waals surface area (Å²) in [7, 11) is 1.59. The highest BCUT2D eigenvalue weighted by molar-refractivity contribution is 5.95. The number of aryl methyl sites for hydroxylation is 1. The number of ether oxygens (including phenoxy) is 2. The average molecular weight is 462 g/mol. The van der Waals surface area contributed by atoms with Crippen LogP contribution in [-0.2, 0) is 0 Å². The van der Waals surface area contributed by atoms with E-state index >= 15 is 0 Å². The molecule has 9 nitrogen and oxygen atoms in total. The fourth-order valence-corrected chi connectivity index (χ4v) is 5.09. The molecule has 34 heavy (non-hydrogen) atoms. The first-order chi connectivity index (χ1) is 16.4. The molecule has 2 fully saturated rings. The van der Waals surface area contributed by atoms with Crippen molar-refractivity contribution in [2.75, 3.05) is 7.11 Å². The number of nitrogens with two attached hydrogens (primary N) is 1. The second kappa shape index (κ2) is 8.48. The van der Waals surface area contributed by atoms with Crippen molar-refractivity contribution >= 4 is 11.8 Å². The van der Waals surface area contributed by atoms with Crippen molar-refractivity contribution in [3.8, 4) is 17.3 Å². The van der Waals surface area contributed by atoms with Gasteiger partial charge in [0.05, 0.1) is 24.8 Å². The third-order valence-corrected chi connectivity index (χ3v) is 6.76. The maximum Gasteiger partial charge on any atom is 0.254 e. The summed E-state index contributed by atoms with van der Waals surface area (Å²) in [6, 6.07) is 8.83. The van der Waals surface area contributed by atoms with Crippen molar-refractivity contribution in [3.63, 3.8) is 0 Å². The molecule has 3 N–H and O–H groups in total. The third kappa shape index (κ3) is 4.09. The lowest BCUT2D eigenvalue weighted by Crippen LogP contribution is -2.58. The van der Waals surface area contributed by atoms with Crippen LogP contribution in [0.15, 0.2) is 49.1 Å². The molecule has 2 saturated carbocycles. The Morgan fingerprint density at radius 1 is 1.18 bits per heavy atom. The number of hydrogen-bond donors (Lipinski definition) is 2. The molecule has 2 amide bonds. The van der Waals surface area contributed by atoms with E-state index < -0.39 is 5.91 Å². The first-order valence-electron chi connectivity index (χ1n) is 11.3. The quantitative estimate of drug-likeness (QED) is 0.558. The molecule has 0 radical (unpaired) electrons. The number of aromatic nitrogens is 3. The van der Waals surface area contributed by atoms with Crippen LogP contribution in [0.3, 0.4) is 0 Å². The van der Waals surface area contributed by atoms with Crippen LogP contribution < -0.4 is 20.5 Å². The van der Waals surface area contributed by atoms with Crippen LogP contribution in [0.5, 0.6) is 11.6 Å². The summed E-state index contributed by atoms with van der Waals surface area (Å²) in [5, 5.41) is 3.13. The number of nitrogens with zero attached hydrogens (tertiary/aromatic N) is 3. The molecule has 2 aliphatic rings. The molecule has 0 aliphatic heterocycles. The summed E-state index contributed by atoms with van der Waals surface area (Å²) in [6.07, 6.45) is 8.79. The van der Waals surface area contributed by atoms with Gasteiger partial charge in [0.15, 0.2) is 0 Å². The number of hydrogen-bond acceptors (Lipinski definition) is 6. The van der Waals surface area contributed by atoms with Crippen LogP contribution in [0.1, 0.15) is 52.1 Å². The number of rotatable bonds is 7. The second-order valence-electron chi connectivity index (χ2n) is 9.26. The maximum absolute atomic E-state index is 12.8. The van der Waals surface area contributed by atoms with Gasteiger partial charge in [0.25, 0.3) is 11.8 Å². The number of benzene rings is 1. The minimum atomic E-state index is -0.548. The number of imidazole rings is 1. The van der Waals surface area contributed by atoms with E-state index in [0.29, 0.717) is 22.8 Å². The van der Waals surface area contributed by atoms with Gasteiger partial charge in [-0.25, -0.2) is 9.97 Å². The molecular formula is C25H27N5O4. The number of primary amides is 1. The third-order valence-electron chi connectivity index (χ3n) is 6.76. The molecule has 2 aliphatic carbocycles. The predicted molar refractivity (Wildman–Crippen MR) is 124 cm³/mol. The highest BCUT2D eigenvalue weighted by Crippen LogP contribution is 2.56. The smallest absolute Gasteiger partial charge is 0.254 e. The van der Waals surface area contributed by atoms with E-state index in [1.807, 2.05) is 23.8 Å². The van der Waals surface area contributed by atoms with Gasteiger partial charge in [0.2, 0.25) is 5.88 Å². The van der Waals surface area contributed by atoms with Gasteiger partial charge in [-0.3, -0.25) is 9.59 Å². The van der Waals surface area contributed by atoms with Crippen molar-refractivity contribution in [2.45, 2.75) is 44.8 Å². The summed E-state index contributed by atoms with van der Waals surface area (Å²) in [5.41, 5.74) is 8.17. The zero-order chi connectivity index (χ0) is 23.9. The van der Waals surface area contributed by atoms with Gasteiger partial charge in [-0.2, -0.15) is 0 Å². The van der Waals surface area contributed by atoms with Crippen molar-refractivity contribution in [1.29, 1.82) is 0 Å². The van der Waals surface area contributed by atoms with Crippen LogP contribution in [0.4, 0.5) is 0 Å². The number of nitrogens with one attached hydrogen (secondary N) is 1. The Kier molecular flexibility index (Phi) is 5.47. The highest BCUT2D eigenvalue weighted by atomic mass is 16.5. The summed E-state index contributed by atoms with van der Waals surface area (Å²) >= 11 is 0. The van der Waals surface area contributed by atoms with E-state index in [9.17, 15) is 9.59 Å². The van der Waals surface area contributed by atoms with E-state index in [2.05, 4.69) is 15.3 Å². The first-order valence-corrected chi connectivity index (χ1v) is 11.3. The zero-order valence-corrected chi connectivity index (χ0v) is 19.2. The van der Waals surface area contributed by atoms with Gasteiger partial charge in [0.1, 0.15) is 17.4 Å². The number of amides is 2. The number of carbonyl (C=O) groups is 2. The Morgan fingerprint density at radius 3 is 2.65 bits per heavy atom. The van der Waals surface area contributed by atoms with Gasteiger partial charge in [0, 0.05) is 24.0 Å². The molecule has 9 heteroatoms. The SMILES string of the molecule is COc1cc(C(=O)NC2CC3(C2)CC(Oc2ncccc2C(N)=O)C3)ccc1-n1cnc(C)c1. The molecule has 176 valence electrons. The van der Waals surface area contributed by atoms with Crippen molar-refractivity contribution < 1.29 is 19.1 Å². The van der Waals surface area contributed by atoms with Crippen LogP contribution in [0.25, 0.3) is 5.69 Å². The van der Waals surface area contributed by atoms with Crippen molar-refractivity contribution in [1.82, 2.24) is 19.9 Å². The van der Waals surface area contributed by atoms with Gasteiger partial charge in [-0.05, 0) is 68.4 Å². The van der Waals surface area contributed by atoms with Crippen molar-refractivity contribution in [3.05, 3.63) is 65.9 Å². The molecule has 5 rings (SSSR count). The van der Waals surface area contributed by atoms with Crippen LogP contribution in [-0.4, -0.2) is 45.6 Å². The average Bonchev–Trinajstić information content (AvgIpc) is 3.21. The molecule has 0 saturated heterocycles. The normalized spacial score (nSPS) is 23.0. The van der Waals surface area contributed by atoms with Gasteiger partial charge < -0.3 is 25.1 Å². The fourth-order valence-electron chi connectivity index (χ4n) is 5.09. The number of pyridine rings is 1. The molecule has 0 unspecified atom stereocenters. The highest BCUT2D eigenvalue weighted by Gasteiger charge is 2.54. The lowest BCUT2D eigenvalue weighted by atomic mass is 9.53. The summed E-state index contributed by atoms with van der Waals surface area (Å²) in [5.74, 6) is 0.243. The van der Waals surface area contributed by atoms with E-state index in [-0.39, 0.29) is 23.5 Å². The Hall–Kier alpha value is -3.88. The van der Waals surface area contributed by atoms with Crippen molar-refractivity contribution in [2.24, 2.45) is 11.1 Å². The molecule has 0 atom stereocenters. The van der Waals surface area contributed by atoms with Gasteiger partial charge in [-0.1, -0.05) is 0 Å².